The molecule has 1 atom stereocenters. The van der Waals surface area contributed by atoms with Gasteiger partial charge in [0.2, 0.25) is 0 Å². The van der Waals surface area contributed by atoms with Gasteiger partial charge in [0.25, 0.3) is 0 Å². The summed E-state index contributed by atoms with van der Waals surface area (Å²) in [6.45, 7) is 11.4. The summed E-state index contributed by atoms with van der Waals surface area (Å²) in [5.41, 5.74) is 11.5. The number of allylic oxidation sites excluding steroid dienone is 3. The molecule has 0 spiro atoms. The van der Waals surface area contributed by atoms with Crippen molar-refractivity contribution in [2.45, 2.75) is 53.4 Å². The summed E-state index contributed by atoms with van der Waals surface area (Å²) in [7, 11) is 0. The average molecular weight is 587 g/mol. The fourth-order valence-electron chi connectivity index (χ4n) is 6.99. The van der Waals surface area contributed by atoms with E-state index in [1.54, 1.807) is 0 Å². The van der Waals surface area contributed by atoms with E-state index in [1.165, 1.54) is 49.8 Å². The summed E-state index contributed by atoms with van der Waals surface area (Å²) in [6.07, 6.45) is 9.21. The molecule has 0 saturated carbocycles. The number of aryl methyl sites for hydroxylation is 1. The smallest absolute Gasteiger partial charge is 0.0537 e. The number of fused-ring (bicyclic) bond motifs is 4. The lowest BCUT2D eigenvalue weighted by Gasteiger charge is -2.30. The number of rotatable bonds is 6. The van der Waals surface area contributed by atoms with Crippen LogP contribution in [0.3, 0.4) is 0 Å². The highest BCUT2D eigenvalue weighted by atomic mass is 15.1. The number of anilines is 3. The molecule has 0 amide bonds. The second kappa shape index (κ2) is 11.6. The Hall–Kier alpha value is -4.82. The van der Waals surface area contributed by atoms with Crippen molar-refractivity contribution in [2.75, 3.05) is 4.90 Å². The van der Waals surface area contributed by atoms with Gasteiger partial charge >= 0.3 is 0 Å². The molecular formula is C43H42N2. The van der Waals surface area contributed by atoms with E-state index in [0.29, 0.717) is 5.92 Å². The summed E-state index contributed by atoms with van der Waals surface area (Å²) in [6, 6.07) is 42.5. The monoisotopic (exact) mass is 586 g/mol. The Balaban J connectivity index is 1.33. The number of hydrogen-bond acceptors (Lipinski definition) is 1. The van der Waals surface area contributed by atoms with Crippen molar-refractivity contribution in [3.63, 3.8) is 0 Å². The molecular weight excluding hydrogens is 544 g/mol. The van der Waals surface area contributed by atoms with Gasteiger partial charge < -0.3 is 9.47 Å². The first-order valence-corrected chi connectivity index (χ1v) is 16.2. The Labute approximate surface area is 268 Å². The lowest BCUT2D eigenvalue weighted by atomic mass is 9.75. The summed E-state index contributed by atoms with van der Waals surface area (Å²) in [5, 5.41) is 3.85. The molecule has 1 heterocycles. The lowest BCUT2D eigenvalue weighted by Crippen LogP contribution is -2.17. The molecule has 0 saturated heterocycles. The van der Waals surface area contributed by atoms with Crippen LogP contribution in [0.2, 0.25) is 0 Å². The highest BCUT2D eigenvalue weighted by Gasteiger charge is 2.25. The molecule has 224 valence electrons. The van der Waals surface area contributed by atoms with Crippen LogP contribution in [0.15, 0.2) is 133 Å². The molecule has 2 heteroatoms. The quantitative estimate of drug-likeness (QED) is 0.176. The molecule has 45 heavy (non-hydrogen) atoms. The maximum absolute atomic E-state index is 2.43. The van der Waals surface area contributed by atoms with Crippen molar-refractivity contribution < 1.29 is 0 Å². The van der Waals surface area contributed by atoms with Crippen molar-refractivity contribution in [3.05, 3.63) is 150 Å². The number of nitrogens with zero attached hydrogens (tertiary/aromatic N) is 2. The van der Waals surface area contributed by atoms with Gasteiger partial charge in [-0.25, -0.2) is 0 Å². The molecule has 6 aromatic rings. The first kappa shape index (κ1) is 28.9. The maximum Gasteiger partial charge on any atom is 0.0537 e. The minimum atomic E-state index is 0.129. The number of para-hydroxylation sites is 1. The van der Waals surface area contributed by atoms with Gasteiger partial charge in [0.05, 0.1) is 5.52 Å². The lowest BCUT2D eigenvalue weighted by molar-refractivity contribution is 0.365. The molecule has 0 aliphatic heterocycles. The molecule has 0 bridgehead atoms. The van der Waals surface area contributed by atoms with Gasteiger partial charge in [-0.15, -0.1) is 0 Å². The van der Waals surface area contributed by atoms with Crippen molar-refractivity contribution in [1.29, 1.82) is 0 Å². The molecule has 0 N–H and O–H groups in total. The van der Waals surface area contributed by atoms with Crippen LogP contribution in [0, 0.1) is 5.41 Å². The van der Waals surface area contributed by atoms with Crippen molar-refractivity contribution in [3.8, 4) is 5.69 Å². The van der Waals surface area contributed by atoms with Crippen LogP contribution in [0.25, 0.3) is 33.4 Å². The zero-order valence-electron chi connectivity index (χ0n) is 27.1. The summed E-state index contributed by atoms with van der Waals surface area (Å²) in [4.78, 5) is 2.39. The normalized spacial score (nSPS) is 13.5. The second-order valence-corrected chi connectivity index (χ2v) is 13.7. The first-order valence-electron chi connectivity index (χ1n) is 16.2. The second-order valence-electron chi connectivity index (χ2n) is 13.7. The SMILES string of the molecule is CC(C)=CC(c1ccc(N(c2ccc(-n3c4c(c5ccccc53)CCC=C4)cc2)c2ccc3ccccc3c2)cc1)C(C)(C)C. The van der Waals surface area contributed by atoms with E-state index in [9.17, 15) is 0 Å². The molecule has 5 aromatic carbocycles. The molecule has 1 aliphatic rings. The first-order chi connectivity index (χ1) is 21.8. The Morgan fingerprint density at radius 3 is 2.09 bits per heavy atom. The molecule has 0 fully saturated rings. The molecule has 1 aliphatic carbocycles. The fraction of sp³-hybridized carbons (Fsp3) is 0.209. The summed E-state index contributed by atoms with van der Waals surface area (Å²) in [5.74, 6) is 0.348. The Bertz CT molecular complexity index is 2040. The number of aromatic nitrogens is 1. The largest absolute Gasteiger partial charge is 0.310 e. The van der Waals surface area contributed by atoms with Crippen LogP contribution >= 0.6 is 0 Å². The van der Waals surface area contributed by atoms with Crippen LogP contribution < -0.4 is 4.90 Å². The molecule has 0 radical (unpaired) electrons. The van der Waals surface area contributed by atoms with E-state index >= 15 is 0 Å². The van der Waals surface area contributed by atoms with E-state index in [-0.39, 0.29) is 5.41 Å². The maximum atomic E-state index is 2.43. The third-order valence-corrected chi connectivity index (χ3v) is 9.16. The van der Waals surface area contributed by atoms with E-state index in [0.717, 1.165) is 29.9 Å². The van der Waals surface area contributed by atoms with E-state index in [2.05, 4.69) is 178 Å². The number of benzene rings is 5. The van der Waals surface area contributed by atoms with Gasteiger partial charge in [0.1, 0.15) is 0 Å². The minimum Gasteiger partial charge on any atom is -0.310 e. The van der Waals surface area contributed by atoms with Gasteiger partial charge in [-0.2, -0.15) is 0 Å². The van der Waals surface area contributed by atoms with Gasteiger partial charge in [-0.3, -0.25) is 0 Å². The fourth-order valence-corrected chi connectivity index (χ4v) is 6.99. The molecule has 2 nitrogen and oxygen atoms in total. The predicted octanol–water partition coefficient (Wildman–Crippen LogP) is 12.3. The van der Waals surface area contributed by atoms with E-state index < -0.39 is 0 Å². The highest BCUT2D eigenvalue weighted by molar-refractivity contribution is 5.91. The zero-order valence-corrected chi connectivity index (χ0v) is 27.1. The topological polar surface area (TPSA) is 8.17 Å². The van der Waals surface area contributed by atoms with E-state index in [1.807, 2.05) is 0 Å². The minimum absolute atomic E-state index is 0.129. The van der Waals surface area contributed by atoms with Gasteiger partial charge in [0, 0.05) is 39.7 Å². The van der Waals surface area contributed by atoms with Crippen molar-refractivity contribution >= 4 is 44.8 Å². The molecule has 1 unspecified atom stereocenters. The van der Waals surface area contributed by atoms with Crippen LogP contribution in [-0.4, -0.2) is 4.57 Å². The van der Waals surface area contributed by atoms with Crippen LogP contribution in [0.5, 0.6) is 0 Å². The predicted molar refractivity (Wildman–Crippen MR) is 194 cm³/mol. The van der Waals surface area contributed by atoms with Crippen molar-refractivity contribution in [1.82, 2.24) is 4.57 Å². The van der Waals surface area contributed by atoms with Gasteiger partial charge in [0.15, 0.2) is 0 Å². The van der Waals surface area contributed by atoms with Gasteiger partial charge in [-0.05, 0) is 115 Å². The van der Waals surface area contributed by atoms with Crippen LogP contribution in [-0.2, 0) is 6.42 Å². The average Bonchev–Trinajstić information content (AvgIpc) is 3.38. The standard InChI is InChI=1S/C43H42N2/c1-30(2)28-40(43(3,4)5)32-19-21-34(22-20-32)44(37-23-18-31-12-6-7-13-33(31)29-37)35-24-26-36(27-25-35)45-41-16-10-8-14-38(41)39-15-9-11-17-42(39)45/h6-8,10-14,16-29,40H,9,15H2,1-5H3. The summed E-state index contributed by atoms with van der Waals surface area (Å²) >= 11 is 0. The highest BCUT2D eigenvalue weighted by Crippen LogP contribution is 2.41. The van der Waals surface area contributed by atoms with Gasteiger partial charge in [-0.1, -0.05) is 99.2 Å². The van der Waals surface area contributed by atoms with Crippen molar-refractivity contribution in [2.24, 2.45) is 5.41 Å². The molecule has 7 rings (SSSR count). The number of hydrogen-bond donors (Lipinski definition) is 0. The van der Waals surface area contributed by atoms with Crippen LogP contribution in [0.4, 0.5) is 17.1 Å². The summed E-state index contributed by atoms with van der Waals surface area (Å²) < 4.78 is 2.43. The Morgan fingerprint density at radius 2 is 1.38 bits per heavy atom. The van der Waals surface area contributed by atoms with Crippen LogP contribution in [0.1, 0.15) is 63.8 Å². The third kappa shape index (κ3) is 5.51. The zero-order chi connectivity index (χ0) is 31.1. The third-order valence-electron chi connectivity index (χ3n) is 9.16. The molecule has 1 aromatic heterocycles. The van der Waals surface area contributed by atoms with E-state index in [4.69, 9.17) is 0 Å². The Kier molecular flexibility index (Phi) is 7.45. The Morgan fingerprint density at radius 1 is 0.733 bits per heavy atom.